The second kappa shape index (κ2) is 7.40. The quantitative estimate of drug-likeness (QED) is 0.923. The Labute approximate surface area is 132 Å². The summed E-state index contributed by atoms with van der Waals surface area (Å²) >= 11 is 0. The third-order valence-corrected chi connectivity index (χ3v) is 4.22. The van der Waals surface area contributed by atoms with Crippen LogP contribution in [0, 0.1) is 13.8 Å². The molecule has 1 N–H and O–H groups in total. The summed E-state index contributed by atoms with van der Waals surface area (Å²) < 4.78 is 0. The van der Waals surface area contributed by atoms with E-state index in [0.717, 1.165) is 49.5 Å². The lowest BCUT2D eigenvalue weighted by atomic mass is 10.1. The van der Waals surface area contributed by atoms with Crippen LogP contribution in [0.25, 0.3) is 0 Å². The van der Waals surface area contributed by atoms with Gasteiger partial charge in [0.1, 0.15) is 0 Å². The number of aryl methyl sites for hydroxylation is 2. The Morgan fingerprint density at radius 3 is 2.23 bits per heavy atom. The molecular formula is C17H25N3O2. The van der Waals surface area contributed by atoms with Crippen LogP contribution in [0.5, 0.6) is 0 Å². The molecule has 1 aliphatic rings. The highest BCUT2D eigenvalue weighted by Crippen LogP contribution is 2.19. The normalized spacial score (nSPS) is 15.7. The van der Waals surface area contributed by atoms with Crippen molar-refractivity contribution >= 4 is 17.5 Å². The van der Waals surface area contributed by atoms with Crippen LogP contribution in [0.3, 0.4) is 0 Å². The molecule has 0 atom stereocenters. The summed E-state index contributed by atoms with van der Waals surface area (Å²) in [7, 11) is 0. The van der Waals surface area contributed by atoms with Crippen LogP contribution in [0.1, 0.15) is 24.5 Å². The van der Waals surface area contributed by atoms with E-state index in [0.29, 0.717) is 6.42 Å². The first-order valence-corrected chi connectivity index (χ1v) is 7.81. The number of amides is 2. The average molecular weight is 303 g/mol. The maximum atomic E-state index is 12.1. The standard InChI is InChI=1S/C17H25N3O2/c1-13-5-4-6-14(2)17(13)18-16(22)7-8-19-9-11-20(12-10-19)15(3)21/h4-6H,7-12H2,1-3H3,(H,18,22). The second-order valence-corrected chi connectivity index (χ2v) is 5.91. The summed E-state index contributed by atoms with van der Waals surface area (Å²) in [4.78, 5) is 27.5. The van der Waals surface area contributed by atoms with Crippen LogP contribution in [0.15, 0.2) is 18.2 Å². The van der Waals surface area contributed by atoms with E-state index in [2.05, 4.69) is 10.2 Å². The summed E-state index contributed by atoms with van der Waals surface area (Å²) in [5.74, 6) is 0.179. The Hall–Kier alpha value is -1.88. The Morgan fingerprint density at radius 2 is 1.68 bits per heavy atom. The molecule has 0 aromatic heterocycles. The molecule has 0 radical (unpaired) electrons. The van der Waals surface area contributed by atoms with Gasteiger partial charge in [-0.05, 0) is 25.0 Å². The van der Waals surface area contributed by atoms with Gasteiger partial charge in [-0.25, -0.2) is 0 Å². The summed E-state index contributed by atoms with van der Waals surface area (Å²) in [6.45, 7) is 9.55. The van der Waals surface area contributed by atoms with Crippen molar-refractivity contribution in [2.24, 2.45) is 0 Å². The van der Waals surface area contributed by atoms with Crippen LogP contribution >= 0.6 is 0 Å². The molecule has 120 valence electrons. The molecule has 0 unspecified atom stereocenters. The van der Waals surface area contributed by atoms with E-state index in [9.17, 15) is 9.59 Å². The molecule has 0 spiro atoms. The zero-order chi connectivity index (χ0) is 16.1. The van der Waals surface area contributed by atoms with Crippen LogP contribution in [-0.4, -0.2) is 54.3 Å². The van der Waals surface area contributed by atoms with E-state index in [1.807, 2.05) is 36.9 Å². The van der Waals surface area contributed by atoms with Gasteiger partial charge in [0, 0.05) is 51.8 Å². The number of benzene rings is 1. The summed E-state index contributed by atoms with van der Waals surface area (Å²) in [5, 5.41) is 3.01. The maximum Gasteiger partial charge on any atom is 0.225 e. The minimum Gasteiger partial charge on any atom is -0.340 e. The van der Waals surface area contributed by atoms with E-state index in [-0.39, 0.29) is 11.8 Å². The van der Waals surface area contributed by atoms with Gasteiger partial charge in [0.15, 0.2) is 0 Å². The first-order chi connectivity index (χ1) is 10.5. The van der Waals surface area contributed by atoms with Gasteiger partial charge in [-0.15, -0.1) is 0 Å². The number of hydrogen-bond acceptors (Lipinski definition) is 3. The van der Waals surface area contributed by atoms with Crippen molar-refractivity contribution in [2.45, 2.75) is 27.2 Å². The molecule has 22 heavy (non-hydrogen) atoms. The lowest BCUT2D eigenvalue weighted by Gasteiger charge is -2.34. The minimum absolute atomic E-state index is 0.0476. The molecule has 1 aromatic rings. The van der Waals surface area contributed by atoms with Crippen LogP contribution in [0.4, 0.5) is 5.69 Å². The lowest BCUT2D eigenvalue weighted by molar-refractivity contribution is -0.130. The second-order valence-electron chi connectivity index (χ2n) is 5.91. The number of anilines is 1. The minimum atomic E-state index is 0.0476. The molecule has 0 saturated carbocycles. The fraction of sp³-hybridized carbons (Fsp3) is 0.529. The molecule has 2 amide bonds. The molecule has 1 saturated heterocycles. The molecule has 2 rings (SSSR count). The topological polar surface area (TPSA) is 52.7 Å². The number of nitrogens with one attached hydrogen (secondary N) is 1. The summed E-state index contributed by atoms with van der Waals surface area (Å²) in [5.41, 5.74) is 3.10. The van der Waals surface area contributed by atoms with E-state index < -0.39 is 0 Å². The average Bonchev–Trinajstić information content (AvgIpc) is 2.49. The van der Waals surface area contributed by atoms with Crippen molar-refractivity contribution in [2.75, 3.05) is 38.0 Å². The molecule has 5 heteroatoms. The summed E-state index contributed by atoms with van der Waals surface area (Å²) in [6, 6.07) is 6.00. The third-order valence-electron chi connectivity index (χ3n) is 4.22. The van der Waals surface area contributed by atoms with Crippen LogP contribution in [0.2, 0.25) is 0 Å². The van der Waals surface area contributed by atoms with Gasteiger partial charge >= 0.3 is 0 Å². The van der Waals surface area contributed by atoms with Gasteiger partial charge in [-0.2, -0.15) is 0 Å². The van der Waals surface area contributed by atoms with Crippen molar-refractivity contribution in [1.29, 1.82) is 0 Å². The number of piperazine rings is 1. The van der Waals surface area contributed by atoms with Crippen molar-refractivity contribution in [3.63, 3.8) is 0 Å². The maximum absolute atomic E-state index is 12.1. The lowest BCUT2D eigenvalue weighted by Crippen LogP contribution is -2.48. The summed E-state index contributed by atoms with van der Waals surface area (Å²) in [6.07, 6.45) is 0.480. The van der Waals surface area contributed by atoms with E-state index in [1.165, 1.54) is 0 Å². The van der Waals surface area contributed by atoms with E-state index in [4.69, 9.17) is 0 Å². The third kappa shape index (κ3) is 4.31. The molecule has 0 bridgehead atoms. The van der Waals surface area contributed by atoms with Crippen LogP contribution in [-0.2, 0) is 9.59 Å². The van der Waals surface area contributed by atoms with Gasteiger partial charge in [0.05, 0.1) is 0 Å². The van der Waals surface area contributed by atoms with Gasteiger partial charge in [0.2, 0.25) is 11.8 Å². The smallest absolute Gasteiger partial charge is 0.225 e. The molecule has 1 aromatic carbocycles. The Kier molecular flexibility index (Phi) is 5.55. The van der Waals surface area contributed by atoms with Crippen molar-refractivity contribution < 1.29 is 9.59 Å². The van der Waals surface area contributed by atoms with E-state index in [1.54, 1.807) is 6.92 Å². The fourth-order valence-electron chi connectivity index (χ4n) is 2.76. The van der Waals surface area contributed by atoms with E-state index >= 15 is 0 Å². The first kappa shape index (κ1) is 16.5. The molecule has 5 nitrogen and oxygen atoms in total. The number of para-hydroxylation sites is 1. The zero-order valence-corrected chi connectivity index (χ0v) is 13.7. The number of nitrogens with zero attached hydrogens (tertiary/aromatic N) is 2. The molecule has 1 aliphatic heterocycles. The Balaban J connectivity index is 1.78. The molecule has 0 aliphatic carbocycles. The molecule has 1 fully saturated rings. The van der Waals surface area contributed by atoms with Crippen molar-refractivity contribution in [3.8, 4) is 0 Å². The van der Waals surface area contributed by atoms with Gasteiger partial charge < -0.3 is 10.2 Å². The highest BCUT2D eigenvalue weighted by Gasteiger charge is 2.19. The first-order valence-electron chi connectivity index (χ1n) is 7.81. The highest BCUT2D eigenvalue weighted by atomic mass is 16.2. The highest BCUT2D eigenvalue weighted by molar-refractivity contribution is 5.92. The number of carbonyl (C=O) groups excluding carboxylic acids is 2. The number of rotatable bonds is 4. The fourth-order valence-corrected chi connectivity index (χ4v) is 2.76. The van der Waals surface area contributed by atoms with Gasteiger partial charge in [0.25, 0.3) is 0 Å². The van der Waals surface area contributed by atoms with Gasteiger partial charge in [-0.1, -0.05) is 18.2 Å². The predicted molar refractivity (Wildman–Crippen MR) is 87.9 cm³/mol. The molecule has 1 heterocycles. The number of carbonyl (C=O) groups is 2. The van der Waals surface area contributed by atoms with Crippen LogP contribution < -0.4 is 5.32 Å². The zero-order valence-electron chi connectivity index (χ0n) is 13.7. The molecular weight excluding hydrogens is 278 g/mol. The Morgan fingerprint density at radius 1 is 1.09 bits per heavy atom. The van der Waals surface area contributed by atoms with Gasteiger partial charge in [-0.3, -0.25) is 14.5 Å². The largest absolute Gasteiger partial charge is 0.340 e. The Bertz CT molecular complexity index is 529. The van der Waals surface area contributed by atoms with Crippen molar-refractivity contribution in [3.05, 3.63) is 29.3 Å². The SMILES string of the molecule is CC(=O)N1CCN(CCC(=O)Nc2c(C)cccc2C)CC1. The predicted octanol–water partition coefficient (Wildman–Crippen LogP) is 1.80. The van der Waals surface area contributed by atoms with Crippen molar-refractivity contribution in [1.82, 2.24) is 9.80 Å². The monoisotopic (exact) mass is 303 g/mol. The number of hydrogen-bond donors (Lipinski definition) is 1.